The average molecular weight is 477 g/mol. The van der Waals surface area contributed by atoms with Crippen molar-refractivity contribution < 1.29 is 24.4 Å². The SMILES string of the molecule is CC(C)NCC(O)COc1cccc2[nH]ccc12.O=C(OOCc1ccccc1)c1ccccc1. The Labute approximate surface area is 205 Å². The Balaban J connectivity index is 0.000000196. The molecule has 0 fully saturated rings. The third kappa shape index (κ3) is 8.90. The predicted molar refractivity (Wildman–Crippen MR) is 136 cm³/mol. The third-order valence-corrected chi connectivity index (χ3v) is 4.96. The number of nitrogens with one attached hydrogen (secondary N) is 2. The van der Waals surface area contributed by atoms with Gasteiger partial charge in [-0.1, -0.05) is 68.4 Å². The zero-order chi connectivity index (χ0) is 24.9. The normalized spacial score (nSPS) is 11.5. The first-order chi connectivity index (χ1) is 17.0. The van der Waals surface area contributed by atoms with Crippen LogP contribution >= 0.6 is 0 Å². The van der Waals surface area contributed by atoms with Crippen LogP contribution in [0.3, 0.4) is 0 Å². The van der Waals surface area contributed by atoms with E-state index < -0.39 is 12.1 Å². The minimum atomic E-state index is -0.499. The number of H-pyrrole nitrogens is 1. The van der Waals surface area contributed by atoms with Crippen LogP contribution < -0.4 is 10.1 Å². The Hall–Kier alpha value is -3.65. The lowest BCUT2D eigenvalue weighted by Gasteiger charge is -2.15. The molecule has 1 heterocycles. The van der Waals surface area contributed by atoms with E-state index in [-0.39, 0.29) is 6.61 Å². The van der Waals surface area contributed by atoms with Crippen molar-refractivity contribution in [2.45, 2.75) is 32.6 Å². The predicted octanol–water partition coefficient (Wildman–Crippen LogP) is 4.88. The molecule has 1 aromatic heterocycles. The van der Waals surface area contributed by atoms with E-state index >= 15 is 0 Å². The average Bonchev–Trinajstić information content (AvgIpc) is 3.37. The Kier molecular flexibility index (Phi) is 10.3. The number of hydrogen-bond donors (Lipinski definition) is 3. The molecule has 0 aliphatic heterocycles. The van der Waals surface area contributed by atoms with Gasteiger partial charge in [-0.3, -0.25) is 4.89 Å². The number of aliphatic hydroxyl groups excluding tert-OH is 1. The molecule has 0 bridgehead atoms. The van der Waals surface area contributed by atoms with E-state index in [1.807, 2.05) is 80.7 Å². The lowest BCUT2D eigenvalue weighted by Crippen LogP contribution is -2.35. The fraction of sp³-hybridized carbons (Fsp3) is 0.250. The van der Waals surface area contributed by atoms with Crippen LogP contribution in [0.5, 0.6) is 5.75 Å². The van der Waals surface area contributed by atoms with Gasteiger partial charge in [0.25, 0.3) is 0 Å². The summed E-state index contributed by atoms with van der Waals surface area (Å²) in [5.41, 5.74) is 2.47. The van der Waals surface area contributed by atoms with Gasteiger partial charge in [-0.2, -0.15) is 4.89 Å². The largest absolute Gasteiger partial charge is 0.490 e. The number of carbonyl (C=O) groups is 1. The number of aromatic amines is 1. The van der Waals surface area contributed by atoms with Gasteiger partial charge in [0.05, 0.1) is 5.56 Å². The van der Waals surface area contributed by atoms with E-state index in [0.717, 1.165) is 22.2 Å². The summed E-state index contributed by atoms with van der Waals surface area (Å²) in [6.45, 7) is 5.19. The first kappa shape index (κ1) is 26.0. The molecule has 0 radical (unpaired) electrons. The van der Waals surface area contributed by atoms with Gasteiger partial charge in [0.15, 0.2) is 0 Å². The van der Waals surface area contributed by atoms with E-state index in [1.54, 1.807) is 24.3 Å². The van der Waals surface area contributed by atoms with Crippen molar-refractivity contribution in [1.82, 2.24) is 10.3 Å². The standard InChI is InChI=1S/C14H20N2O2.C14H12O3/c1-10(2)16-8-11(17)9-18-14-5-3-4-13-12(14)6-7-15-13;15-14(13-9-5-2-6-10-13)17-16-11-12-7-3-1-4-8-12/h3-7,10-11,15-17H,8-9H2,1-2H3;1-10H,11H2. The number of aliphatic hydroxyl groups is 1. The maximum Gasteiger partial charge on any atom is 0.373 e. The smallest absolute Gasteiger partial charge is 0.373 e. The highest BCUT2D eigenvalue weighted by Gasteiger charge is 2.08. The summed E-state index contributed by atoms with van der Waals surface area (Å²) in [6, 6.07) is 26.4. The first-order valence-corrected chi connectivity index (χ1v) is 11.6. The third-order valence-electron chi connectivity index (χ3n) is 4.96. The lowest BCUT2D eigenvalue weighted by molar-refractivity contribution is -0.250. The first-order valence-electron chi connectivity index (χ1n) is 11.6. The molecule has 7 nitrogen and oxygen atoms in total. The van der Waals surface area contributed by atoms with Crippen LogP contribution in [0.15, 0.2) is 91.1 Å². The van der Waals surface area contributed by atoms with Crippen LogP contribution in [0.1, 0.15) is 29.8 Å². The van der Waals surface area contributed by atoms with Crippen molar-refractivity contribution in [3.8, 4) is 5.75 Å². The summed E-state index contributed by atoms with van der Waals surface area (Å²) >= 11 is 0. The number of fused-ring (bicyclic) bond motifs is 1. The van der Waals surface area contributed by atoms with Crippen LogP contribution in [-0.4, -0.2) is 41.4 Å². The van der Waals surface area contributed by atoms with E-state index in [9.17, 15) is 9.90 Å². The number of rotatable bonds is 10. The molecular weight excluding hydrogens is 444 g/mol. The van der Waals surface area contributed by atoms with E-state index in [4.69, 9.17) is 14.5 Å². The summed E-state index contributed by atoms with van der Waals surface area (Å²) < 4.78 is 5.66. The molecule has 0 spiro atoms. The molecule has 35 heavy (non-hydrogen) atoms. The quantitative estimate of drug-likeness (QED) is 0.223. The highest BCUT2D eigenvalue weighted by molar-refractivity contribution is 5.88. The number of benzene rings is 3. The molecule has 0 saturated heterocycles. The summed E-state index contributed by atoms with van der Waals surface area (Å²) in [7, 11) is 0. The van der Waals surface area contributed by atoms with Gasteiger partial charge in [0, 0.05) is 29.7 Å². The van der Waals surface area contributed by atoms with Gasteiger partial charge in [0.1, 0.15) is 25.1 Å². The lowest BCUT2D eigenvalue weighted by atomic mass is 10.2. The Bertz CT molecular complexity index is 1150. The van der Waals surface area contributed by atoms with Crippen LogP contribution in [0.4, 0.5) is 0 Å². The molecule has 1 atom stereocenters. The van der Waals surface area contributed by atoms with Crippen LogP contribution in [0.2, 0.25) is 0 Å². The molecule has 4 aromatic rings. The molecule has 0 amide bonds. The number of carbonyl (C=O) groups excluding carboxylic acids is 1. The monoisotopic (exact) mass is 476 g/mol. The van der Waals surface area contributed by atoms with Gasteiger partial charge in [0.2, 0.25) is 0 Å². The molecule has 1 unspecified atom stereocenters. The Morgan fingerprint density at radius 2 is 1.66 bits per heavy atom. The molecule has 0 aliphatic carbocycles. The number of ether oxygens (including phenoxy) is 1. The second kappa shape index (κ2) is 13.9. The van der Waals surface area contributed by atoms with Gasteiger partial charge < -0.3 is 20.1 Å². The van der Waals surface area contributed by atoms with E-state index in [1.165, 1.54) is 0 Å². The maximum absolute atomic E-state index is 11.5. The zero-order valence-corrected chi connectivity index (χ0v) is 20.0. The molecule has 7 heteroatoms. The van der Waals surface area contributed by atoms with Crippen molar-refractivity contribution in [1.29, 1.82) is 0 Å². The van der Waals surface area contributed by atoms with Crippen molar-refractivity contribution in [3.63, 3.8) is 0 Å². The number of aromatic nitrogens is 1. The molecule has 0 aliphatic rings. The molecule has 0 saturated carbocycles. The summed E-state index contributed by atoms with van der Waals surface area (Å²) in [5, 5.41) is 14.0. The minimum absolute atomic E-state index is 0.249. The maximum atomic E-state index is 11.5. The number of hydrogen-bond acceptors (Lipinski definition) is 6. The Morgan fingerprint density at radius 3 is 2.37 bits per heavy atom. The second-order valence-electron chi connectivity index (χ2n) is 8.21. The highest BCUT2D eigenvalue weighted by Crippen LogP contribution is 2.24. The van der Waals surface area contributed by atoms with Gasteiger partial charge in [-0.25, -0.2) is 4.79 Å². The fourth-order valence-electron chi connectivity index (χ4n) is 3.15. The molecule has 3 N–H and O–H groups in total. The van der Waals surface area contributed by atoms with Crippen molar-refractivity contribution >= 4 is 16.9 Å². The van der Waals surface area contributed by atoms with Gasteiger partial charge >= 0.3 is 5.97 Å². The highest BCUT2D eigenvalue weighted by atomic mass is 17.2. The molecular formula is C28H32N2O5. The van der Waals surface area contributed by atoms with Crippen LogP contribution in [-0.2, 0) is 16.4 Å². The van der Waals surface area contributed by atoms with Crippen LogP contribution in [0.25, 0.3) is 10.9 Å². The summed E-state index contributed by atoms with van der Waals surface area (Å²) in [5.74, 6) is 0.318. The van der Waals surface area contributed by atoms with Gasteiger partial charge in [-0.15, -0.1) is 0 Å². The topological polar surface area (TPSA) is 92.8 Å². The summed E-state index contributed by atoms with van der Waals surface area (Å²) in [4.78, 5) is 24.2. The van der Waals surface area contributed by atoms with Crippen molar-refractivity contribution in [2.24, 2.45) is 0 Å². The Morgan fingerprint density at radius 1 is 0.943 bits per heavy atom. The van der Waals surface area contributed by atoms with Crippen molar-refractivity contribution in [2.75, 3.05) is 13.2 Å². The fourth-order valence-corrected chi connectivity index (χ4v) is 3.15. The minimum Gasteiger partial charge on any atom is -0.490 e. The second-order valence-corrected chi connectivity index (χ2v) is 8.21. The van der Waals surface area contributed by atoms with Crippen LogP contribution in [0, 0.1) is 0 Å². The van der Waals surface area contributed by atoms with E-state index in [2.05, 4.69) is 10.3 Å². The summed E-state index contributed by atoms with van der Waals surface area (Å²) in [6.07, 6.45) is 1.38. The molecule has 3 aromatic carbocycles. The zero-order valence-electron chi connectivity index (χ0n) is 20.0. The van der Waals surface area contributed by atoms with E-state index in [0.29, 0.717) is 24.8 Å². The molecule has 184 valence electrons. The van der Waals surface area contributed by atoms with Crippen molar-refractivity contribution in [3.05, 3.63) is 102 Å². The van der Waals surface area contributed by atoms with Gasteiger partial charge in [-0.05, 0) is 35.9 Å². The molecule has 4 rings (SSSR count).